The fraction of sp³-hybridized carbons (Fsp3) is 0.304. The van der Waals surface area contributed by atoms with Crippen LogP contribution in [0.4, 0.5) is 10.8 Å². The monoisotopic (exact) mass is 437 g/mol. The van der Waals surface area contributed by atoms with Gasteiger partial charge in [-0.25, -0.2) is 4.98 Å². The molecular formula is C23H27N5O2S. The Kier molecular flexibility index (Phi) is 8.38. The number of hydrazone groups is 1. The van der Waals surface area contributed by atoms with Gasteiger partial charge in [0.15, 0.2) is 0 Å². The van der Waals surface area contributed by atoms with Gasteiger partial charge in [-0.2, -0.15) is 5.10 Å². The van der Waals surface area contributed by atoms with E-state index in [1.807, 2.05) is 36.6 Å². The molecule has 1 saturated heterocycles. The zero-order valence-electron chi connectivity index (χ0n) is 17.8. The first-order valence-corrected chi connectivity index (χ1v) is 10.9. The molecule has 8 heteroatoms. The van der Waals surface area contributed by atoms with Crippen molar-refractivity contribution >= 4 is 27.9 Å². The van der Waals surface area contributed by atoms with E-state index in [2.05, 4.69) is 32.4 Å². The maximum absolute atomic E-state index is 9.70. The van der Waals surface area contributed by atoms with Crippen LogP contribution < -0.4 is 10.7 Å². The highest BCUT2D eigenvalue weighted by Crippen LogP contribution is 2.28. The third-order valence-corrected chi connectivity index (χ3v) is 5.59. The number of anilines is 2. The van der Waals surface area contributed by atoms with Gasteiger partial charge in [0.2, 0.25) is 5.13 Å². The number of nitrogens with zero attached hydrogens (tertiary/aromatic N) is 4. The Bertz CT molecular complexity index is 995. The standard InChI is InChI=1S/C23H27N5O2S/c1-4-7-18(8-5-2)16-27-13-11-20(12-14-27)25-26-23-24-22(17-31-23)19-9-6-10-21(15-19)28(29)30-3/h1,5-10,15,17,29H,11-14,16H2,2-3H3,(H,24,26). The molecule has 0 saturated carbocycles. The van der Waals surface area contributed by atoms with Crippen LogP contribution in [0.1, 0.15) is 19.8 Å². The number of thiazole rings is 1. The van der Waals surface area contributed by atoms with Crippen molar-refractivity contribution in [3.63, 3.8) is 0 Å². The smallest absolute Gasteiger partial charge is 0.203 e. The molecule has 0 bridgehead atoms. The summed E-state index contributed by atoms with van der Waals surface area (Å²) in [5, 5.41) is 17.7. The lowest BCUT2D eigenvalue weighted by molar-refractivity contribution is -0.0109. The highest BCUT2D eigenvalue weighted by atomic mass is 32.1. The summed E-state index contributed by atoms with van der Waals surface area (Å²) in [4.78, 5) is 11.8. The van der Waals surface area contributed by atoms with Gasteiger partial charge in [-0.1, -0.05) is 30.2 Å². The van der Waals surface area contributed by atoms with Gasteiger partial charge < -0.3 is 0 Å². The molecule has 0 radical (unpaired) electrons. The Morgan fingerprint density at radius 3 is 2.97 bits per heavy atom. The van der Waals surface area contributed by atoms with Crippen molar-refractivity contribution in [2.75, 3.05) is 37.4 Å². The fourth-order valence-corrected chi connectivity index (χ4v) is 3.94. The summed E-state index contributed by atoms with van der Waals surface area (Å²) < 4.78 is 0. The molecule has 0 atom stereocenters. The average molecular weight is 438 g/mol. The van der Waals surface area contributed by atoms with Crippen molar-refractivity contribution in [1.82, 2.24) is 9.88 Å². The minimum Gasteiger partial charge on any atom is -0.298 e. The Morgan fingerprint density at radius 2 is 2.26 bits per heavy atom. The summed E-state index contributed by atoms with van der Waals surface area (Å²) in [6.45, 7) is 4.76. The Morgan fingerprint density at radius 1 is 1.45 bits per heavy atom. The first-order valence-electron chi connectivity index (χ1n) is 10.0. The van der Waals surface area contributed by atoms with Crippen LogP contribution in [0.15, 0.2) is 58.5 Å². The van der Waals surface area contributed by atoms with E-state index in [4.69, 9.17) is 11.3 Å². The van der Waals surface area contributed by atoms with Crippen LogP contribution in [-0.2, 0) is 4.84 Å². The van der Waals surface area contributed by atoms with Gasteiger partial charge in [0.25, 0.3) is 0 Å². The molecule has 2 heterocycles. The Hall–Kier alpha value is -2.96. The number of allylic oxidation sites excluding steroid dienone is 2. The van der Waals surface area contributed by atoms with Crippen molar-refractivity contribution in [3.05, 3.63) is 53.4 Å². The molecule has 3 rings (SSSR count). The molecule has 162 valence electrons. The van der Waals surface area contributed by atoms with E-state index in [1.54, 1.807) is 12.1 Å². The van der Waals surface area contributed by atoms with Crippen molar-refractivity contribution < 1.29 is 10.0 Å². The number of nitrogens with one attached hydrogen (secondary N) is 1. The lowest BCUT2D eigenvalue weighted by Crippen LogP contribution is -2.35. The molecule has 31 heavy (non-hydrogen) atoms. The second-order valence-electron chi connectivity index (χ2n) is 7.00. The van der Waals surface area contributed by atoms with Crippen molar-refractivity contribution in [3.8, 4) is 23.6 Å². The van der Waals surface area contributed by atoms with Crippen LogP contribution >= 0.6 is 11.3 Å². The van der Waals surface area contributed by atoms with Crippen LogP contribution in [0.5, 0.6) is 0 Å². The molecule has 1 aromatic carbocycles. The number of benzene rings is 1. The number of hydrogen-bond donors (Lipinski definition) is 2. The second-order valence-corrected chi connectivity index (χ2v) is 7.85. The van der Waals surface area contributed by atoms with Crippen molar-refractivity contribution in [1.29, 1.82) is 0 Å². The van der Waals surface area contributed by atoms with E-state index in [0.29, 0.717) is 5.69 Å². The summed E-state index contributed by atoms with van der Waals surface area (Å²) >= 11 is 1.49. The van der Waals surface area contributed by atoms with Gasteiger partial charge in [0.05, 0.1) is 18.5 Å². The SMILES string of the molecule is C#CC=C(C=CC)CN1CCC(=NNc2nc(-c3cccc(N(O)OC)c3)cs2)CC1. The fourth-order valence-electron chi connectivity index (χ4n) is 3.28. The van der Waals surface area contributed by atoms with E-state index in [9.17, 15) is 5.21 Å². The second kappa shape index (κ2) is 11.4. The summed E-state index contributed by atoms with van der Waals surface area (Å²) in [7, 11) is 1.40. The Labute approximate surface area is 187 Å². The largest absolute Gasteiger partial charge is 0.298 e. The number of terminal acetylenes is 1. The molecular weight excluding hydrogens is 410 g/mol. The van der Waals surface area contributed by atoms with E-state index in [0.717, 1.165) is 65.4 Å². The minimum atomic E-state index is 0.532. The summed E-state index contributed by atoms with van der Waals surface area (Å²) in [6.07, 6.45) is 13.1. The summed E-state index contributed by atoms with van der Waals surface area (Å²) in [5.41, 5.74) is 7.61. The number of hydrogen-bond acceptors (Lipinski definition) is 8. The molecule has 0 amide bonds. The van der Waals surface area contributed by atoms with Crippen molar-refractivity contribution in [2.24, 2.45) is 5.10 Å². The summed E-state index contributed by atoms with van der Waals surface area (Å²) in [6, 6.07) is 7.33. The Balaban J connectivity index is 1.55. The number of aromatic nitrogens is 1. The molecule has 0 spiro atoms. The minimum absolute atomic E-state index is 0.532. The predicted octanol–water partition coefficient (Wildman–Crippen LogP) is 4.57. The van der Waals surface area contributed by atoms with Crippen LogP contribution in [0.3, 0.4) is 0 Å². The molecule has 2 N–H and O–H groups in total. The van der Waals surface area contributed by atoms with Crippen LogP contribution in [0.25, 0.3) is 11.3 Å². The van der Waals surface area contributed by atoms with Crippen LogP contribution in [-0.4, -0.2) is 47.5 Å². The van der Waals surface area contributed by atoms with Crippen LogP contribution in [0, 0.1) is 12.3 Å². The van der Waals surface area contributed by atoms with Crippen molar-refractivity contribution in [2.45, 2.75) is 19.8 Å². The summed E-state index contributed by atoms with van der Waals surface area (Å²) in [5.74, 6) is 2.61. The lowest BCUT2D eigenvalue weighted by Gasteiger charge is -2.27. The normalized spacial score (nSPS) is 15.2. The molecule has 1 aliphatic heterocycles. The van der Waals surface area contributed by atoms with Gasteiger partial charge in [0, 0.05) is 49.1 Å². The number of rotatable bonds is 8. The molecule has 1 aromatic heterocycles. The average Bonchev–Trinajstić information content (AvgIpc) is 3.28. The molecule has 0 unspecified atom stereocenters. The van der Waals surface area contributed by atoms with Gasteiger partial charge in [-0.05, 0) is 30.7 Å². The van der Waals surface area contributed by atoms with Gasteiger partial charge in [-0.15, -0.1) is 23.0 Å². The molecule has 1 aliphatic rings. The van der Waals surface area contributed by atoms with E-state index < -0.39 is 0 Å². The van der Waals surface area contributed by atoms with Gasteiger partial charge in [0.1, 0.15) is 0 Å². The van der Waals surface area contributed by atoms with Gasteiger partial charge in [-0.3, -0.25) is 20.4 Å². The first-order chi connectivity index (χ1) is 15.1. The van der Waals surface area contributed by atoms with Crippen LogP contribution in [0.2, 0.25) is 0 Å². The zero-order valence-corrected chi connectivity index (χ0v) is 18.6. The maximum atomic E-state index is 9.70. The highest BCUT2D eigenvalue weighted by Gasteiger charge is 2.16. The number of piperidine rings is 1. The first kappa shape index (κ1) is 22.7. The third kappa shape index (κ3) is 6.51. The highest BCUT2D eigenvalue weighted by molar-refractivity contribution is 7.14. The predicted molar refractivity (Wildman–Crippen MR) is 127 cm³/mol. The van der Waals surface area contributed by atoms with E-state index in [1.165, 1.54) is 18.4 Å². The van der Waals surface area contributed by atoms with E-state index >= 15 is 0 Å². The zero-order chi connectivity index (χ0) is 22.1. The lowest BCUT2D eigenvalue weighted by atomic mass is 10.1. The molecule has 7 nitrogen and oxygen atoms in total. The number of likely N-dealkylation sites (tertiary alicyclic amines) is 1. The quantitative estimate of drug-likeness (QED) is 0.358. The molecule has 1 fully saturated rings. The van der Waals surface area contributed by atoms with E-state index in [-0.39, 0.29) is 0 Å². The molecule has 0 aliphatic carbocycles. The topological polar surface area (TPSA) is 73.2 Å². The van der Waals surface area contributed by atoms with Gasteiger partial charge >= 0.3 is 0 Å². The molecule has 2 aromatic rings. The third-order valence-electron chi connectivity index (χ3n) is 4.84. The maximum Gasteiger partial charge on any atom is 0.203 e.